The first-order valence-electron chi connectivity index (χ1n) is 4.94. The molecule has 16 heavy (non-hydrogen) atoms. The van der Waals surface area contributed by atoms with Crippen LogP contribution in [0.15, 0.2) is 33.3 Å². The molecular formula is C11H11BrN2O2. The zero-order valence-corrected chi connectivity index (χ0v) is 10.1. The smallest absolute Gasteiger partial charge is 0.228 e. The van der Waals surface area contributed by atoms with Crippen LogP contribution in [-0.2, 0) is 12.8 Å². The Labute approximate surface area is 101 Å². The van der Waals surface area contributed by atoms with Crippen LogP contribution in [0.4, 0.5) is 0 Å². The Kier molecular flexibility index (Phi) is 3.69. The lowest BCUT2D eigenvalue weighted by Gasteiger charge is -1.96. The lowest BCUT2D eigenvalue weighted by Crippen LogP contribution is -1.93. The molecule has 0 aliphatic rings. The van der Waals surface area contributed by atoms with Gasteiger partial charge < -0.3 is 9.63 Å². The highest BCUT2D eigenvalue weighted by molar-refractivity contribution is 9.10. The highest BCUT2D eigenvalue weighted by atomic mass is 79.9. The first kappa shape index (κ1) is 11.3. The van der Waals surface area contributed by atoms with E-state index in [1.165, 1.54) is 0 Å². The van der Waals surface area contributed by atoms with E-state index in [0.29, 0.717) is 24.6 Å². The van der Waals surface area contributed by atoms with Crippen LogP contribution in [-0.4, -0.2) is 21.9 Å². The van der Waals surface area contributed by atoms with Gasteiger partial charge in [-0.2, -0.15) is 4.98 Å². The summed E-state index contributed by atoms with van der Waals surface area (Å²) in [5, 5.41) is 12.6. The topological polar surface area (TPSA) is 59.2 Å². The number of rotatable bonds is 4. The van der Waals surface area contributed by atoms with E-state index in [9.17, 15) is 0 Å². The molecule has 1 aromatic heterocycles. The number of nitrogens with zero attached hydrogens (tertiary/aromatic N) is 2. The lowest BCUT2D eigenvalue weighted by atomic mass is 10.1. The van der Waals surface area contributed by atoms with Gasteiger partial charge in [-0.25, -0.2) is 0 Å². The zero-order chi connectivity index (χ0) is 11.4. The van der Waals surface area contributed by atoms with Gasteiger partial charge in [0, 0.05) is 10.9 Å². The van der Waals surface area contributed by atoms with Gasteiger partial charge in [-0.05, 0) is 17.7 Å². The average molecular weight is 283 g/mol. The number of benzene rings is 1. The molecule has 5 heteroatoms. The van der Waals surface area contributed by atoms with E-state index in [1.54, 1.807) is 0 Å². The van der Waals surface area contributed by atoms with Gasteiger partial charge in [-0.15, -0.1) is 0 Å². The van der Waals surface area contributed by atoms with Crippen molar-refractivity contribution in [1.82, 2.24) is 10.1 Å². The molecule has 1 N–H and O–H groups in total. The normalized spacial score (nSPS) is 10.6. The molecule has 0 saturated carbocycles. The van der Waals surface area contributed by atoms with Crippen molar-refractivity contribution in [3.05, 3.63) is 46.0 Å². The largest absolute Gasteiger partial charge is 0.396 e. The lowest BCUT2D eigenvalue weighted by molar-refractivity contribution is 0.274. The van der Waals surface area contributed by atoms with Gasteiger partial charge in [0.05, 0.1) is 13.0 Å². The maximum absolute atomic E-state index is 8.72. The van der Waals surface area contributed by atoms with Crippen LogP contribution in [0.1, 0.15) is 17.3 Å². The van der Waals surface area contributed by atoms with Crippen molar-refractivity contribution in [1.29, 1.82) is 0 Å². The van der Waals surface area contributed by atoms with Gasteiger partial charge in [0.25, 0.3) is 0 Å². The van der Waals surface area contributed by atoms with Crippen LogP contribution in [0.3, 0.4) is 0 Å². The predicted molar refractivity (Wildman–Crippen MR) is 62.0 cm³/mol. The van der Waals surface area contributed by atoms with E-state index in [1.807, 2.05) is 24.3 Å². The average Bonchev–Trinajstić information content (AvgIpc) is 2.66. The third kappa shape index (κ3) is 2.90. The van der Waals surface area contributed by atoms with Gasteiger partial charge in [-0.1, -0.05) is 33.2 Å². The van der Waals surface area contributed by atoms with Gasteiger partial charge in [0.1, 0.15) is 0 Å². The molecule has 0 aliphatic heterocycles. The molecule has 1 heterocycles. The third-order valence-corrected chi connectivity index (χ3v) is 2.58. The SMILES string of the molecule is OCCc1nc(Cc2cccc(Br)c2)no1. The minimum absolute atomic E-state index is 0.0263. The van der Waals surface area contributed by atoms with E-state index in [0.717, 1.165) is 10.0 Å². The van der Waals surface area contributed by atoms with E-state index in [2.05, 4.69) is 26.1 Å². The molecular weight excluding hydrogens is 272 g/mol. The van der Waals surface area contributed by atoms with Crippen LogP contribution in [0, 0.1) is 0 Å². The minimum Gasteiger partial charge on any atom is -0.396 e. The monoisotopic (exact) mass is 282 g/mol. The Morgan fingerprint density at radius 2 is 2.25 bits per heavy atom. The van der Waals surface area contributed by atoms with Gasteiger partial charge in [-0.3, -0.25) is 0 Å². The molecule has 0 atom stereocenters. The molecule has 2 aromatic rings. The molecule has 0 saturated heterocycles. The second kappa shape index (κ2) is 5.23. The van der Waals surface area contributed by atoms with Crippen molar-refractivity contribution < 1.29 is 9.63 Å². The molecule has 0 fully saturated rings. The Morgan fingerprint density at radius 3 is 3.00 bits per heavy atom. The summed E-state index contributed by atoms with van der Waals surface area (Å²) in [5.41, 5.74) is 1.12. The number of halogens is 1. The second-order valence-electron chi connectivity index (χ2n) is 3.38. The molecule has 0 bridgehead atoms. The number of hydrogen-bond acceptors (Lipinski definition) is 4. The highest BCUT2D eigenvalue weighted by Gasteiger charge is 2.06. The summed E-state index contributed by atoms with van der Waals surface area (Å²) in [6, 6.07) is 7.96. The summed E-state index contributed by atoms with van der Waals surface area (Å²) in [6.07, 6.45) is 1.04. The van der Waals surface area contributed by atoms with Gasteiger partial charge >= 0.3 is 0 Å². The predicted octanol–water partition coefficient (Wildman–Crippen LogP) is 1.96. The van der Waals surface area contributed by atoms with Gasteiger partial charge in [0.15, 0.2) is 5.82 Å². The summed E-state index contributed by atoms with van der Waals surface area (Å²) in [5.74, 6) is 1.12. The van der Waals surface area contributed by atoms with E-state index in [4.69, 9.17) is 9.63 Å². The Balaban J connectivity index is 2.08. The van der Waals surface area contributed by atoms with Crippen LogP contribution >= 0.6 is 15.9 Å². The zero-order valence-electron chi connectivity index (χ0n) is 8.56. The van der Waals surface area contributed by atoms with Crippen LogP contribution in [0.5, 0.6) is 0 Å². The molecule has 4 nitrogen and oxygen atoms in total. The summed E-state index contributed by atoms with van der Waals surface area (Å²) in [6.45, 7) is 0.0263. The fourth-order valence-electron chi connectivity index (χ4n) is 1.39. The van der Waals surface area contributed by atoms with Gasteiger partial charge in [0.2, 0.25) is 5.89 Å². The maximum Gasteiger partial charge on any atom is 0.228 e. The van der Waals surface area contributed by atoms with Crippen LogP contribution < -0.4 is 0 Å². The minimum atomic E-state index is 0.0263. The summed E-state index contributed by atoms with van der Waals surface area (Å²) >= 11 is 3.41. The first-order chi connectivity index (χ1) is 7.78. The number of aliphatic hydroxyl groups excluding tert-OH is 1. The molecule has 1 aromatic carbocycles. The van der Waals surface area contributed by atoms with Crippen molar-refractivity contribution in [2.45, 2.75) is 12.8 Å². The number of hydrogen-bond donors (Lipinski definition) is 1. The fourth-order valence-corrected chi connectivity index (χ4v) is 1.84. The van der Waals surface area contributed by atoms with E-state index in [-0.39, 0.29) is 6.61 Å². The quantitative estimate of drug-likeness (QED) is 0.931. The van der Waals surface area contributed by atoms with Crippen molar-refractivity contribution in [2.75, 3.05) is 6.61 Å². The van der Waals surface area contributed by atoms with E-state index < -0.39 is 0 Å². The van der Waals surface area contributed by atoms with Crippen molar-refractivity contribution in [2.24, 2.45) is 0 Å². The molecule has 0 aliphatic carbocycles. The standard InChI is InChI=1S/C11H11BrN2O2/c12-9-3-1-2-8(6-9)7-10-13-11(4-5-15)16-14-10/h1-3,6,15H,4-5,7H2. The maximum atomic E-state index is 8.72. The Morgan fingerprint density at radius 1 is 1.38 bits per heavy atom. The molecule has 0 spiro atoms. The van der Waals surface area contributed by atoms with Crippen LogP contribution in [0.25, 0.3) is 0 Å². The van der Waals surface area contributed by atoms with Crippen molar-refractivity contribution >= 4 is 15.9 Å². The molecule has 2 rings (SSSR count). The highest BCUT2D eigenvalue weighted by Crippen LogP contribution is 2.14. The summed E-state index contributed by atoms with van der Waals surface area (Å²) in [4.78, 5) is 4.17. The molecule has 84 valence electrons. The molecule has 0 amide bonds. The number of aliphatic hydroxyl groups is 1. The molecule has 0 radical (unpaired) electrons. The Hall–Kier alpha value is -1.20. The fraction of sp³-hybridized carbons (Fsp3) is 0.273. The number of aromatic nitrogens is 2. The third-order valence-electron chi connectivity index (χ3n) is 2.09. The molecule has 0 unspecified atom stereocenters. The Bertz CT molecular complexity index is 471. The van der Waals surface area contributed by atoms with Crippen molar-refractivity contribution in [3.63, 3.8) is 0 Å². The first-order valence-corrected chi connectivity index (χ1v) is 5.74. The van der Waals surface area contributed by atoms with E-state index >= 15 is 0 Å². The summed E-state index contributed by atoms with van der Waals surface area (Å²) < 4.78 is 6.01. The second-order valence-corrected chi connectivity index (χ2v) is 4.30. The summed E-state index contributed by atoms with van der Waals surface area (Å²) in [7, 11) is 0. The van der Waals surface area contributed by atoms with Crippen molar-refractivity contribution in [3.8, 4) is 0 Å². The van der Waals surface area contributed by atoms with Crippen LogP contribution in [0.2, 0.25) is 0 Å².